The van der Waals surface area contributed by atoms with E-state index in [9.17, 15) is 0 Å². The number of aromatic nitrogens is 1. The molecule has 0 radical (unpaired) electrons. The highest BCUT2D eigenvalue weighted by atomic mass is 32.1. The Morgan fingerprint density at radius 3 is 2.29 bits per heavy atom. The van der Waals surface area contributed by atoms with Crippen LogP contribution < -0.4 is 0 Å². The number of aliphatic imine (C=N–C) groups is 1. The summed E-state index contributed by atoms with van der Waals surface area (Å²) in [6.07, 6.45) is 1.96. The molecule has 0 bridgehead atoms. The van der Waals surface area contributed by atoms with E-state index in [-0.39, 0.29) is 5.41 Å². The number of aryl methyl sites for hydroxylation is 1. The maximum atomic E-state index is 5.20. The van der Waals surface area contributed by atoms with Crippen molar-refractivity contribution >= 4 is 44.2 Å². The quantitative estimate of drug-likeness (QED) is 0.217. The van der Waals surface area contributed by atoms with Crippen LogP contribution in [0.25, 0.3) is 42.7 Å². The number of benzene rings is 5. The van der Waals surface area contributed by atoms with Crippen molar-refractivity contribution in [2.45, 2.75) is 33.1 Å². The molecule has 0 amide bonds. The lowest BCUT2D eigenvalue weighted by Crippen LogP contribution is -2.11. The first-order valence-corrected chi connectivity index (χ1v) is 13.8. The van der Waals surface area contributed by atoms with Gasteiger partial charge >= 0.3 is 0 Å². The fourth-order valence-electron chi connectivity index (χ4n) is 4.96. The first-order chi connectivity index (χ1) is 18.4. The number of nitrogens with zero attached hydrogens (tertiary/aromatic N) is 2. The zero-order chi connectivity index (χ0) is 26.3. The lowest BCUT2D eigenvalue weighted by atomic mass is 9.86. The number of thiazole rings is 1. The summed E-state index contributed by atoms with van der Waals surface area (Å²) in [6, 6.07) is 36.5. The molecule has 1 heterocycles. The van der Waals surface area contributed by atoms with Crippen molar-refractivity contribution in [1.82, 2.24) is 4.98 Å². The van der Waals surface area contributed by atoms with Gasteiger partial charge in [0.1, 0.15) is 5.01 Å². The third-order valence-corrected chi connectivity index (χ3v) is 8.14. The summed E-state index contributed by atoms with van der Waals surface area (Å²) < 4.78 is 1.18. The zero-order valence-corrected chi connectivity index (χ0v) is 23.0. The first kappa shape index (κ1) is 24.3. The van der Waals surface area contributed by atoms with E-state index in [4.69, 9.17) is 9.98 Å². The third-order valence-electron chi connectivity index (χ3n) is 7.09. The largest absolute Gasteiger partial charge is 0.256 e. The molecule has 0 saturated carbocycles. The standard InChI is InChI=1S/C35H30N2S/c1-23-19-20-28(27-14-6-5-13-26(23)27)29-16-10-18-32-33(29)37-34(38-32)30-15-7-8-17-31(30)36-22-24-11-9-12-25(21-24)35(2,3)4/h5-22H,1-4H3. The minimum atomic E-state index is 0.100. The van der Waals surface area contributed by atoms with Crippen LogP contribution in [-0.4, -0.2) is 11.2 Å². The monoisotopic (exact) mass is 510 g/mol. The van der Waals surface area contributed by atoms with Gasteiger partial charge in [-0.15, -0.1) is 11.3 Å². The Morgan fingerprint density at radius 2 is 1.45 bits per heavy atom. The van der Waals surface area contributed by atoms with E-state index in [0.29, 0.717) is 0 Å². The van der Waals surface area contributed by atoms with Gasteiger partial charge in [-0.2, -0.15) is 0 Å². The Bertz CT molecular complexity index is 1820. The van der Waals surface area contributed by atoms with Crippen LogP contribution in [0.2, 0.25) is 0 Å². The summed E-state index contributed by atoms with van der Waals surface area (Å²) in [5, 5.41) is 3.53. The van der Waals surface area contributed by atoms with Crippen molar-refractivity contribution in [1.29, 1.82) is 0 Å². The van der Waals surface area contributed by atoms with Gasteiger partial charge in [0.25, 0.3) is 0 Å². The molecule has 0 unspecified atom stereocenters. The van der Waals surface area contributed by atoms with Crippen LogP contribution in [0.1, 0.15) is 37.5 Å². The first-order valence-electron chi connectivity index (χ1n) is 13.0. The SMILES string of the molecule is Cc1ccc(-c2cccc3sc(-c4ccccc4N=Cc4cccc(C(C)(C)C)c4)nc23)c2ccccc12. The molecule has 2 nitrogen and oxygen atoms in total. The molecular formula is C35H30N2S. The molecule has 3 heteroatoms. The molecule has 0 saturated heterocycles. The number of para-hydroxylation sites is 2. The van der Waals surface area contributed by atoms with Gasteiger partial charge in [0.05, 0.1) is 15.9 Å². The molecule has 0 atom stereocenters. The van der Waals surface area contributed by atoms with E-state index in [1.165, 1.54) is 37.7 Å². The lowest BCUT2D eigenvalue weighted by molar-refractivity contribution is 0.590. The highest BCUT2D eigenvalue weighted by molar-refractivity contribution is 7.21. The minimum absolute atomic E-state index is 0.100. The van der Waals surface area contributed by atoms with Crippen LogP contribution in [0.3, 0.4) is 0 Å². The van der Waals surface area contributed by atoms with Crippen molar-refractivity contribution in [3.63, 3.8) is 0 Å². The molecule has 0 aliphatic rings. The second-order valence-corrected chi connectivity index (χ2v) is 11.8. The number of hydrogen-bond acceptors (Lipinski definition) is 3. The van der Waals surface area contributed by atoms with Gasteiger partial charge < -0.3 is 0 Å². The van der Waals surface area contributed by atoms with E-state index in [1.807, 2.05) is 12.3 Å². The Kier molecular flexibility index (Phi) is 6.17. The van der Waals surface area contributed by atoms with E-state index in [1.54, 1.807) is 11.3 Å². The Hall–Kier alpha value is -4.08. The van der Waals surface area contributed by atoms with E-state index < -0.39 is 0 Å². The van der Waals surface area contributed by atoms with Crippen LogP contribution in [0.15, 0.2) is 108 Å². The average Bonchev–Trinajstić information content (AvgIpc) is 3.37. The fourth-order valence-corrected chi connectivity index (χ4v) is 5.99. The third kappa shape index (κ3) is 4.55. The molecule has 0 aliphatic heterocycles. The van der Waals surface area contributed by atoms with Crippen molar-refractivity contribution in [3.05, 3.63) is 120 Å². The van der Waals surface area contributed by atoms with Crippen molar-refractivity contribution < 1.29 is 0 Å². The molecule has 0 N–H and O–H groups in total. The molecule has 6 aromatic rings. The van der Waals surface area contributed by atoms with Crippen LogP contribution in [0.5, 0.6) is 0 Å². The Labute approximate surface area is 228 Å². The molecule has 186 valence electrons. The van der Waals surface area contributed by atoms with Crippen molar-refractivity contribution in [2.24, 2.45) is 4.99 Å². The average molecular weight is 511 g/mol. The number of rotatable bonds is 4. The van der Waals surface area contributed by atoms with Gasteiger partial charge in [-0.1, -0.05) is 99.6 Å². The molecule has 1 aromatic heterocycles. The zero-order valence-electron chi connectivity index (χ0n) is 22.2. The smallest absolute Gasteiger partial charge is 0.126 e. The van der Waals surface area contributed by atoms with Gasteiger partial charge in [-0.25, -0.2) is 4.98 Å². The molecular weight excluding hydrogens is 480 g/mol. The number of fused-ring (bicyclic) bond motifs is 2. The summed E-state index contributed by atoms with van der Waals surface area (Å²) in [7, 11) is 0. The predicted molar refractivity (Wildman–Crippen MR) is 165 cm³/mol. The van der Waals surface area contributed by atoms with Crippen molar-refractivity contribution in [3.8, 4) is 21.7 Å². The minimum Gasteiger partial charge on any atom is -0.256 e. The molecule has 0 spiro atoms. The maximum Gasteiger partial charge on any atom is 0.126 e. The van der Waals surface area contributed by atoms with Crippen LogP contribution in [0.4, 0.5) is 5.69 Å². The van der Waals surface area contributed by atoms with E-state index in [0.717, 1.165) is 27.3 Å². The highest BCUT2D eigenvalue weighted by Gasteiger charge is 2.16. The van der Waals surface area contributed by atoms with Gasteiger partial charge in [0, 0.05) is 17.3 Å². The summed E-state index contributed by atoms with van der Waals surface area (Å²) in [5.74, 6) is 0. The van der Waals surface area contributed by atoms with E-state index >= 15 is 0 Å². The van der Waals surface area contributed by atoms with E-state index in [2.05, 4.69) is 125 Å². The molecule has 38 heavy (non-hydrogen) atoms. The van der Waals surface area contributed by atoms with Crippen LogP contribution in [-0.2, 0) is 5.41 Å². The van der Waals surface area contributed by atoms with Crippen LogP contribution in [0, 0.1) is 6.92 Å². The van der Waals surface area contributed by atoms with Crippen LogP contribution >= 0.6 is 11.3 Å². The normalized spacial score (nSPS) is 12.1. The number of hydrogen-bond donors (Lipinski definition) is 0. The highest BCUT2D eigenvalue weighted by Crippen LogP contribution is 2.40. The molecule has 5 aromatic carbocycles. The molecule has 6 rings (SSSR count). The topological polar surface area (TPSA) is 25.2 Å². The maximum absolute atomic E-state index is 5.20. The lowest BCUT2D eigenvalue weighted by Gasteiger charge is -2.19. The Morgan fingerprint density at radius 1 is 0.711 bits per heavy atom. The van der Waals surface area contributed by atoms with Gasteiger partial charge in [-0.3, -0.25) is 4.99 Å². The fraction of sp³-hybridized carbons (Fsp3) is 0.143. The summed E-state index contributed by atoms with van der Waals surface area (Å²) in [4.78, 5) is 10.1. The summed E-state index contributed by atoms with van der Waals surface area (Å²) in [6.45, 7) is 8.88. The van der Waals surface area contributed by atoms with Crippen molar-refractivity contribution in [2.75, 3.05) is 0 Å². The second-order valence-electron chi connectivity index (χ2n) is 10.8. The second kappa shape index (κ2) is 9.66. The van der Waals surface area contributed by atoms with Gasteiger partial charge in [0.15, 0.2) is 0 Å². The summed E-state index contributed by atoms with van der Waals surface area (Å²) in [5.41, 5.74) is 9.20. The molecule has 0 fully saturated rings. The summed E-state index contributed by atoms with van der Waals surface area (Å²) >= 11 is 1.72. The predicted octanol–water partition coefficient (Wildman–Crippen LogP) is 10.1. The van der Waals surface area contributed by atoms with Gasteiger partial charge in [-0.05, 0) is 69.6 Å². The Balaban J connectivity index is 1.43. The van der Waals surface area contributed by atoms with Gasteiger partial charge in [0.2, 0.25) is 0 Å². The molecule has 0 aliphatic carbocycles.